The Labute approximate surface area is 111 Å². The van der Waals surface area contributed by atoms with E-state index in [0.717, 1.165) is 12.5 Å². The SMILES string of the molecule is Cc1ccc(NCCC2CCNCC2)c(C)c1C. The minimum Gasteiger partial charge on any atom is -0.385 e. The maximum Gasteiger partial charge on any atom is 0.0372 e. The van der Waals surface area contributed by atoms with Crippen molar-refractivity contribution >= 4 is 5.69 Å². The first-order valence-corrected chi connectivity index (χ1v) is 7.20. The van der Waals surface area contributed by atoms with Crippen LogP contribution in [0.4, 0.5) is 5.69 Å². The van der Waals surface area contributed by atoms with Crippen molar-refractivity contribution in [2.45, 2.75) is 40.0 Å². The highest BCUT2D eigenvalue weighted by Gasteiger charge is 2.12. The molecule has 2 rings (SSSR count). The maximum absolute atomic E-state index is 3.61. The molecule has 0 unspecified atom stereocenters. The molecule has 18 heavy (non-hydrogen) atoms. The highest BCUT2D eigenvalue weighted by atomic mass is 14.9. The molecule has 1 saturated heterocycles. The van der Waals surface area contributed by atoms with Crippen LogP contribution in [0, 0.1) is 26.7 Å². The van der Waals surface area contributed by atoms with E-state index < -0.39 is 0 Å². The van der Waals surface area contributed by atoms with E-state index in [0.29, 0.717) is 0 Å². The molecule has 1 aromatic carbocycles. The number of rotatable bonds is 4. The van der Waals surface area contributed by atoms with Gasteiger partial charge < -0.3 is 10.6 Å². The lowest BCUT2D eigenvalue weighted by Crippen LogP contribution is -2.28. The summed E-state index contributed by atoms with van der Waals surface area (Å²) in [5.41, 5.74) is 5.52. The molecule has 1 heterocycles. The van der Waals surface area contributed by atoms with Gasteiger partial charge in [-0.2, -0.15) is 0 Å². The summed E-state index contributed by atoms with van der Waals surface area (Å²) < 4.78 is 0. The Bertz CT molecular complexity index is 392. The second kappa shape index (κ2) is 6.24. The van der Waals surface area contributed by atoms with E-state index in [-0.39, 0.29) is 0 Å². The zero-order chi connectivity index (χ0) is 13.0. The van der Waals surface area contributed by atoms with Gasteiger partial charge in [0.2, 0.25) is 0 Å². The molecule has 0 radical (unpaired) electrons. The van der Waals surface area contributed by atoms with E-state index in [2.05, 4.69) is 43.5 Å². The molecular weight excluding hydrogens is 220 g/mol. The molecule has 2 nitrogen and oxygen atoms in total. The van der Waals surface area contributed by atoms with Gasteiger partial charge in [-0.3, -0.25) is 0 Å². The molecule has 1 aliphatic heterocycles. The van der Waals surface area contributed by atoms with Gasteiger partial charge in [0.15, 0.2) is 0 Å². The summed E-state index contributed by atoms with van der Waals surface area (Å²) >= 11 is 0. The molecular formula is C16H26N2. The zero-order valence-electron chi connectivity index (χ0n) is 12.0. The van der Waals surface area contributed by atoms with E-state index in [1.807, 2.05) is 0 Å². The van der Waals surface area contributed by atoms with Gasteiger partial charge in [0, 0.05) is 12.2 Å². The Morgan fingerprint density at radius 1 is 1.11 bits per heavy atom. The number of benzene rings is 1. The van der Waals surface area contributed by atoms with Crippen molar-refractivity contribution in [1.29, 1.82) is 0 Å². The smallest absolute Gasteiger partial charge is 0.0372 e. The van der Waals surface area contributed by atoms with Crippen LogP contribution in [0.1, 0.15) is 36.0 Å². The largest absolute Gasteiger partial charge is 0.385 e. The molecule has 0 bridgehead atoms. The molecule has 1 aliphatic rings. The van der Waals surface area contributed by atoms with Gasteiger partial charge in [-0.15, -0.1) is 0 Å². The summed E-state index contributed by atoms with van der Waals surface area (Å²) in [6.07, 6.45) is 3.98. The summed E-state index contributed by atoms with van der Waals surface area (Å²) in [4.78, 5) is 0. The molecule has 0 aliphatic carbocycles. The maximum atomic E-state index is 3.61. The molecule has 0 atom stereocenters. The molecule has 0 amide bonds. The molecule has 0 saturated carbocycles. The van der Waals surface area contributed by atoms with Gasteiger partial charge in [-0.25, -0.2) is 0 Å². The fourth-order valence-corrected chi connectivity index (χ4v) is 2.73. The fraction of sp³-hybridized carbons (Fsp3) is 0.625. The summed E-state index contributed by atoms with van der Waals surface area (Å²) in [6, 6.07) is 4.44. The highest BCUT2D eigenvalue weighted by molar-refractivity contribution is 5.55. The van der Waals surface area contributed by atoms with Gasteiger partial charge in [-0.1, -0.05) is 6.07 Å². The molecule has 0 aromatic heterocycles. The third-order valence-corrected chi connectivity index (χ3v) is 4.38. The molecule has 1 aromatic rings. The van der Waals surface area contributed by atoms with Crippen LogP contribution in [0.5, 0.6) is 0 Å². The predicted octanol–water partition coefficient (Wildman–Crippen LogP) is 3.41. The lowest BCUT2D eigenvalue weighted by molar-refractivity contribution is 0.361. The van der Waals surface area contributed by atoms with Crippen LogP contribution in [0.2, 0.25) is 0 Å². The van der Waals surface area contributed by atoms with Gasteiger partial charge in [0.05, 0.1) is 0 Å². The summed E-state index contributed by atoms with van der Waals surface area (Å²) in [5, 5.41) is 7.03. The second-order valence-corrected chi connectivity index (χ2v) is 5.59. The normalized spacial score (nSPS) is 16.8. The standard InChI is InChI=1S/C16H26N2/c1-12-4-5-16(14(3)13(12)2)18-11-8-15-6-9-17-10-7-15/h4-5,15,17-18H,6-11H2,1-3H3. The number of nitrogens with one attached hydrogen (secondary N) is 2. The van der Waals surface area contributed by atoms with Crippen LogP contribution >= 0.6 is 0 Å². The van der Waals surface area contributed by atoms with Crippen molar-refractivity contribution in [2.24, 2.45) is 5.92 Å². The Morgan fingerprint density at radius 3 is 2.56 bits per heavy atom. The van der Waals surface area contributed by atoms with Crippen molar-refractivity contribution in [3.63, 3.8) is 0 Å². The Kier molecular flexibility index (Phi) is 4.65. The van der Waals surface area contributed by atoms with Crippen LogP contribution in [-0.4, -0.2) is 19.6 Å². The van der Waals surface area contributed by atoms with Crippen LogP contribution in [0.3, 0.4) is 0 Å². The molecule has 2 N–H and O–H groups in total. The highest BCUT2D eigenvalue weighted by Crippen LogP contribution is 2.22. The Balaban J connectivity index is 1.84. The topological polar surface area (TPSA) is 24.1 Å². The van der Waals surface area contributed by atoms with Gasteiger partial charge in [-0.05, 0) is 81.8 Å². The lowest BCUT2D eigenvalue weighted by Gasteiger charge is -2.23. The van der Waals surface area contributed by atoms with E-state index in [9.17, 15) is 0 Å². The van der Waals surface area contributed by atoms with Crippen molar-refractivity contribution in [1.82, 2.24) is 5.32 Å². The number of hydrogen-bond donors (Lipinski definition) is 2. The fourth-order valence-electron chi connectivity index (χ4n) is 2.73. The first-order valence-electron chi connectivity index (χ1n) is 7.20. The van der Waals surface area contributed by atoms with Gasteiger partial charge in [0.1, 0.15) is 0 Å². The van der Waals surface area contributed by atoms with Crippen molar-refractivity contribution in [3.8, 4) is 0 Å². The number of anilines is 1. The average Bonchev–Trinajstić information content (AvgIpc) is 2.40. The minimum atomic E-state index is 0.908. The summed E-state index contributed by atoms with van der Waals surface area (Å²) in [6.45, 7) is 10.1. The Hall–Kier alpha value is -1.02. The average molecular weight is 246 g/mol. The minimum absolute atomic E-state index is 0.908. The zero-order valence-corrected chi connectivity index (χ0v) is 12.0. The lowest BCUT2D eigenvalue weighted by atomic mass is 9.94. The monoisotopic (exact) mass is 246 g/mol. The van der Waals surface area contributed by atoms with Crippen LogP contribution in [-0.2, 0) is 0 Å². The summed E-state index contributed by atoms with van der Waals surface area (Å²) in [7, 11) is 0. The van der Waals surface area contributed by atoms with Crippen LogP contribution in [0.25, 0.3) is 0 Å². The van der Waals surface area contributed by atoms with E-state index in [1.54, 1.807) is 0 Å². The predicted molar refractivity (Wildman–Crippen MR) is 79.4 cm³/mol. The quantitative estimate of drug-likeness (QED) is 0.850. The second-order valence-electron chi connectivity index (χ2n) is 5.59. The molecule has 2 heteroatoms. The van der Waals surface area contributed by atoms with Crippen LogP contribution in [0.15, 0.2) is 12.1 Å². The third kappa shape index (κ3) is 3.26. The van der Waals surface area contributed by atoms with E-state index in [1.165, 1.54) is 54.7 Å². The van der Waals surface area contributed by atoms with Crippen molar-refractivity contribution in [2.75, 3.05) is 25.0 Å². The van der Waals surface area contributed by atoms with Crippen LogP contribution < -0.4 is 10.6 Å². The first-order chi connectivity index (χ1) is 8.68. The molecule has 100 valence electrons. The summed E-state index contributed by atoms with van der Waals surface area (Å²) in [5.74, 6) is 0.908. The van der Waals surface area contributed by atoms with E-state index >= 15 is 0 Å². The van der Waals surface area contributed by atoms with Gasteiger partial charge in [0.25, 0.3) is 0 Å². The Morgan fingerprint density at radius 2 is 1.83 bits per heavy atom. The molecule has 1 fully saturated rings. The van der Waals surface area contributed by atoms with Crippen molar-refractivity contribution in [3.05, 3.63) is 28.8 Å². The van der Waals surface area contributed by atoms with Gasteiger partial charge >= 0.3 is 0 Å². The van der Waals surface area contributed by atoms with Crippen molar-refractivity contribution < 1.29 is 0 Å². The first kappa shape index (κ1) is 13.4. The number of hydrogen-bond acceptors (Lipinski definition) is 2. The third-order valence-electron chi connectivity index (χ3n) is 4.38. The molecule has 0 spiro atoms. The van der Waals surface area contributed by atoms with E-state index in [4.69, 9.17) is 0 Å². The number of aryl methyl sites for hydroxylation is 1. The number of piperidine rings is 1.